The Kier molecular flexibility index (Phi) is 5.42. The van der Waals surface area contributed by atoms with Crippen molar-refractivity contribution in [2.45, 2.75) is 25.6 Å². The molecule has 2 nitrogen and oxygen atoms in total. The molecule has 0 aliphatic heterocycles. The van der Waals surface area contributed by atoms with Crippen molar-refractivity contribution >= 4 is 0 Å². The van der Waals surface area contributed by atoms with E-state index >= 15 is 0 Å². The first-order valence-electron chi connectivity index (χ1n) is 8.35. The zero-order valence-corrected chi connectivity index (χ0v) is 13.9. The Morgan fingerprint density at radius 2 is 1.29 bits per heavy atom. The second-order valence-electron chi connectivity index (χ2n) is 6.09. The van der Waals surface area contributed by atoms with E-state index in [1.165, 1.54) is 16.7 Å². The highest BCUT2D eigenvalue weighted by Gasteiger charge is 2.15. The lowest BCUT2D eigenvalue weighted by molar-refractivity contribution is 0.135. The summed E-state index contributed by atoms with van der Waals surface area (Å²) in [5, 5.41) is 13.8. The first-order chi connectivity index (χ1) is 11.7. The van der Waals surface area contributed by atoms with Crippen LogP contribution in [0.2, 0.25) is 0 Å². The molecule has 0 saturated carbocycles. The van der Waals surface area contributed by atoms with Crippen molar-refractivity contribution in [2.24, 2.45) is 0 Å². The fourth-order valence-corrected chi connectivity index (χ4v) is 2.78. The monoisotopic (exact) mass is 317 g/mol. The maximum atomic E-state index is 10.4. The van der Waals surface area contributed by atoms with Crippen LogP contribution in [-0.2, 0) is 6.54 Å². The molecule has 0 saturated heterocycles. The van der Waals surface area contributed by atoms with Crippen LogP contribution in [0.4, 0.5) is 0 Å². The largest absolute Gasteiger partial charge is 0.387 e. The first-order valence-corrected chi connectivity index (χ1v) is 8.35. The average Bonchev–Trinajstić information content (AvgIpc) is 2.67. The Morgan fingerprint density at radius 3 is 1.92 bits per heavy atom. The van der Waals surface area contributed by atoms with Crippen LogP contribution in [0.5, 0.6) is 0 Å². The molecular weight excluding hydrogens is 294 g/mol. The van der Waals surface area contributed by atoms with Gasteiger partial charge in [0.15, 0.2) is 0 Å². The second-order valence-corrected chi connectivity index (χ2v) is 6.09. The minimum atomic E-state index is -0.505. The molecule has 3 aromatic carbocycles. The number of hydrogen-bond acceptors (Lipinski definition) is 2. The minimum absolute atomic E-state index is 0.0128. The summed E-state index contributed by atoms with van der Waals surface area (Å²) in [6, 6.07) is 28.7. The zero-order valence-electron chi connectivity index (χ0n) is 13.9. The molecule has 0 aromatic heterocycles. The van der Waals surface area contributed by atoms with E-state index in [-0.39, 0.29) is 6.04 Å². The highest BCUT2D eigenvalue weighted by Crippen LogP contribution is 2.20. The van der Waals surface area contributed by atoms with Crippen molar-refractivity contribution in [3.8, 4) is 11.1 Å². The van der Waals surface area contributed by atoms with Gasteiger partial charge in [-0.3, -0.25) is 0 Å². The van der Waals surface area contributed by atoms with Crippen LogP contribution in [-0.4, -0.2) is 11.1 Å². The lowest BCUT2D eigenvalue weighted by Gasteiger charge is -2.20. The highest BCUT2D eigenvalue weighted by atomic mass is 16.3. The molecule has 122 valence electrons. The molecular formula is C22H23NO. The summed E-state index contributed by atoms with van der Waals surface area (Å²) in [5.74, 6) is 0. The van der Waals surface area contributed by atoms with E-state index < -0.39 is 6.10 Å². The molecule has 0 bridgehead atoms. The molecule has 2 heteroatoms. The van der Waals surface area contributed by atoms with Crippen molar-refractivity contribution < 1.29 is 5.11 Å². The van der Waals surface area contributed by atoms with Crippen LogP contribution in [0.15, 0.2) is 84.9 Å². The van der Waals surface area contributed by atoms with Gasteiger partial charge < -0.3 is 10.4 Å². The molecule has 2 atom stereocenters. The predicted octanol–water partition coefficient (Wildman–Crippen LogP) is 4.57. The van der Waals surface area contributed by atoms with E-state index in [9.17, 15) is 5.11 Å². The van der Waals surface area contributed by atoms with Gasteiger partial charge in [-0.25, -0.2) is 0 Å². The second kappa shape index (κ2) is 7.91. The molecule has 0 spiro atoms. The maximum absolute atomic E-state index is 10.4. The zero-order chi connectivity index (χ0) is 16.8. The van der Waals surface area contributed by atoms with E-state index in [1.54, 1.807) is 0 Å². The fraction of sp³-hybridized carbons (Fsp3) is 0.182. The quantitative estimate of drug-likeness (QED) is 0.698. The van der Waals surface area contributed by atoms with Crippen LogP contribution in [0.3, 0.4) is 0 Å². The standard InChI is InChI=1S/C22H23NO/c1-17(22(24)21-10-6-3-7-11-21)23-16-18-12-14-20(15-13-18)19-8-4-2-5-9-19/h2-15,17,22-24H,16H2,1H3/t17?,22-/m1/s1. The third-order valence-electron chi connectivity index (χ3n) is 4.30. The molecule has 1 unspecified atom stereocenters. The molecule has 0 amide bonds. The van der Waals surface area contributed by atoms with Crippen molar-refractivity contribution in [1.29, 1.82) is 0 Å². The van der Waals surface area contributed by atoms with Crippen molar-refractivity contribution in [2.75, 3.05) is 0 Å². The summed E-state index contributed by atoms with van der Waals surface area (Å²) in [7, 11) is 0. The summed E-state index contributed by atoms with van der Waals surface area (Å²) >= 11 is 0. The summed E-state index contributed by atoms with van der Waals surface area (Å²) in [6.45, 7) is 2.75. The Bertz CT molecular complexity index is 738. The SMILES string of the molecule is CC(NCc1ccc(-c2ccccc2)cc1)[C@@H](O)c1ccccc1. The van der Waals surface area contributed by atoms with Gasteiger partial charge in [0.1, 0.15) is 0 Å². The van der Waals surface area contributed by atoms with Gasteiger partial charge in [0.05, 0.1) is 6.10 Å². The molecule has 0 fully saturated rings. The van der Waals surface area contributed by atoms with Gasteiger partial charge in [0.2, 0.25) is 0 Å². The predicted molar refractivity (Wildman–Crippen MR) is 99.6 cm³/mol. The van der Waals surface area contributed by atoms with Gasteiger partial charge in [0, 0.05) is 12.6 Å². The molecule has 0 radical (unpaired) electrons. The molecule has 2 N–H and O–H groups in total. The molecule has 0 aliphatic rings. The lowest BCUT2D eigenvalue weighted by atomic mass is 10.0. The Balaban J connectivity index is 1.59. The number of rotatable bonds is 6. The summed E-state index contributed by atoms with van der Waals surface area (Å²) in [6.07, 6.45) is -0.505. The summed E-state index contributed by atoms with van der Waals surface area (Å²) in [5.41, 5.74) is 4.60. The van der Waals surface area contributed by atoms with Crippen molar-refractivity contribution in [3.63, 3.8) is 0 Å². The molecule has 3 rings (SSSR count). The Labute approximate surface area is 143 Å². The lowest BCUT2D eigenvalue weighted by Crippen LogP contribution is -2.31. The number of benzene rings is 3. The van der Waals surface area contributed by atoms with E-state index in [0.717, 1.165) is 12.1 Å². The summed E-state index contributed by atoms with van der Waals surface area (Å²) in [4.78, 5) is 0. The molecule has 0 aliphatic carbocycles. The molecule has 24 heavy (non-hydrogen) atoms. The van der Waals surface area contributed by atoms with Crippen LogP contribution < -0.4 is 5.32 Å². The normalized spacial score (nSPS) is 13.4. The van der Waals surface area contributed by atoms with Crippen LogP contribution in [0, 0.1) is 0 Å². The van der Waals surface area contributed by atoms with E-state index in [0.29, 0.717) is 0 Å². The smallest absolute Gasteiger partial charge is 0.0940 e. The van der Waals surface area contributed by atoms with Crippen molar-refractivity contribution in [3.05, 3.63) is 96.1 Å². The number of hydrogen-bond donors (Lipinski definition) is 2. The van der Waals surface area contributed by atoms with Crippen LogP contribution in [0.25, 0.3) is 11.1 Å². The maximum Gasteiger partial charge on any atom is 0.0940 e. The molecule has 0 heterocycles. The van der Waals surface area contributed by atoms with Gasteiger partial charge in [-0.05, 0) is 29.2 Å². The third kappa shape index (κ3) is 4.10. The van der Waals surface area contributed by atoms with Gasteiger partial charge in [-0.2, -0.15) is 0 Å². The van der Waals surface area contributed by atoms with E-state index in [4.69, 9.17) is 0 Å². The minimum Gasteiger partial charge on any atom is -0.387 e. The van der Waals surface area contributed by atoms with Gasteiger partial charge in [-0.1, -0.05) is 84.9 Å². The Morgan fingerprint density at radius 1 is 0.750 bits per heavy atom. The molecule has 3 aromatic rings. The van der Waals surface area contributed by atoms with E-state index in [2.05, 4.69) is 53.8 Å². The van der Waals surface area contributed by atoms with Gasteiger partial charge in [0.25, 0.3) is 0 Å². The van der Waals surface area contributed by atoms with Crippen molar-refractivity contribution in [1.82, 2.24) is 5.32 Å². The summed E-state index contributed by atoms with van der Waals surface area (Å²) < 4.78 is 0. The van der Waals surface area contributed by atoms with Gasteiger partial charge >= 0.3 is 0 Å². The van der Waals surface area contributed by atoms with E-state index in [1.807, 2.05) is 43.3 Å². The number of nitrogens with one attached hydrogen (secondary N) is 1. The van der Waals surface area contributed by atoms with Crippen LogP contribution in [0.1, 0.15) is 24.2 Å². The number of aliphatic hydroxyl groups excluding tert-OH is 1. The third-order valence-corrected chi connectivity index (χ3v) is 4.30. The topological polar surface area (TPSA) is 32.3 Å². The number of aliphatic hydroxyl groups is 1. The highest BCUT2D eigenvalue weighted by molar-refractivity contribution is 5.63. The van der Waals surface area contributed by atoms with Crippen LogP contribution >= 0.6 is 0 Å². The average molecular weight is 317 g/mol. The van der Waals surface area contributed by atoms with Gasteiger partial charge in [-0.15, -0.1) is 0 Å². The first kappa shape index (κ1) is 16.4. The Hall–Kier alpha value is -2.42. The fourth-order valence-electron chi connectivity index (χ4n) is 2.78.